The summed E-state index contributed by atoms with van der Waals surface area (Å²) in [4.78, 5) is 23.9. The van der Waals surface area contributed by atoms with Crippen molar-refractivity contribution < 1.29 is 19.4 Å². The largest absolute Gasteiger partial charge is 0.508 e. The van der Waals surface area contributed by atoms with Crippen LogP contribution >= 0.6 is 0 Å². The van der Waals surface area contributed by atoms with E-state index in [1.54, 1.807) is 48.5 Å². The Bertz CT molecular complexity index is 798. The highest BCUT2D eigenvalue weighted by molar-refractivity contribution is 5.97. The van der Waals surface area contributed by atoms with Crippen molar-refractivity contribution in [1.29, 1.82) is 0 Å². The summed E-state index contributed by atoms with van der Waals surface area (Å²) < 4.78 is 5.69. The number of amides is 2. The van der Waals surface area contributed by atoms with Crippen LogP contribution in [0.5, 0.6) is 11.5 Å². The van der Waals surface area contributed by atoms with Crippen molar-refractivity contribution in [3.8, 4) is 11.5 Å². The summed E-state index contributed by atoms with van der Waals surface area (Å²) in [5.74, 6) is -0.196. The van der Waals surface area contributed by atoms with E-state index in [2.05, 4.69) is 5.32 Å². The molecule has 144 valence electrons. The van der Waals surface area contributed by atoms with Crippen LogP contribution in [-0.2, 0) is 10.2 Å². The number of benzene rings is 2. The van der Waals surface area contributed by atoms with Crippen LogP contribution in [0.2, 0.25) is 0 Å². The highest BCUT2D eigenvalue weighted by Crippen LogP contribution is 2.33. The van der Waals surface area contributed by atoms with Crippen molar-refractivity contribution in [3.63, 3.8) is 0 Å². The van der Waals surface area contributed by atoms with Gasteiger partial charge in [-0.1, -0.05) is 39.0 Å². The van der Waals surface area contributed by atoms with Crippen molar-refractivity contribution >= 4 is 11.8 Å². The van der Waals surface area contributed by atoms with E-state index in [1.165, 1.54) is 0 Å². The van der Waals surface area contributed by atoms with E-state index in [4.69, 9.17) is 10.5 Å². The Morgan fingerprint density at radius 3 is 2.41 bits per heavy atom. The van der Waals surface area contributed by atoms with Crippen LogP contribution in [-0.4, -0.2) is 29.6 Å². The van der Waals surface area contributed by atoms with Gasteiger partial charge in [0.25, 0.3) is 5.91 Å². The number of hydrogen-bond acceptors (Lipinski definition) is 4. The number of carbonyl (C=O) groups excluding carboxylic acids is 2. The number of aromatic hydroxyl groups is 1. The van der Waals surface area contributed by atoms with Crippen LogP contribution in [0, 0.1) is 0 Å². The molecule has 2 aromatic rings. The molecule has 1 unspecified atom stereocenters. The molecule has 27 heavy (non-hydrogen) atoms. The second kappa shape index (κ2) is 8.58. The van der Waals surface area contributed by atoms with Gasteiger partial charge in [-0.25, -0.2) is 0 Å². The Morgan fingerprint density at radius 1 is 1.15 bits per heavy atom. The Balaban J connectivity index is 1.97. The van der Waals surface area contributed by atoms with Crippen LogP contribution in [0.25, 0.3) is 0 Å². The zero-order valence-corrected chi connectivity index (χ0v) is 15.9. The topological polar surface area (TPSA) is 102 Å². The number of primary amides is 1. The third kappa shape index (κ3) is 5.74. The van der Waals surface area contributed by atoms with Crippen molar-refractivity contribution in [2.45, 2.75) is 38.6 Å². The molecule has 0 bridgehead atoms. The van der Waals surface area contributed by atoms with Crippen molar-refractivity contribution in [2.75, 3.05) is 6.61 Å². The van der Waals surface area contributed by atoms with Gasteiger partial charge in [-0.3, -0.25) is 9.59 Å². The Morgan fingerprint density at radius 2 is 1.81 bits per heavy atom. The first-order valence-corrected chi connectivity index (χ1v) is 8.80. The number of ether oxygens (including phenoxy) is 1. The van der Waals surface area contributed by atoms with Crippen LogP contribution < -0.4 is 15.8 Å². The van der Waals surface area contributed by atoms with Gasteiger partial charge in [0, 0.05) is 17.5 Å². The minimum Gasteiger partial charge on any atom is -0.508 e. The number of phenols is 1. The summed E-state index contributed by atoms with van der Waals surface area (Å²) in [6.07, 6.45) is 0.236. The van der Waals surface area contributed by atoms with E-state index in [-0.39, 0.29) is 30.1 Å². The zero-order chi connectivity index (χ0) is 20.0. The summed E-state index contributed by atoms with van der Waals surface area (Å²) >= 11 is 0. The molecular formula is C21H26N2O4. The van der Waals surface area contributed by atoms with Gasteiger partial charge in [0.1, 0.15) is 17.5 Å². The third-order valence-electron chi connectivity index (χ3n) is 4.14. The molecule has 0 aliphatic carbocycles. The van der Waals surface area contributed by atoms with Gasteiger partial charge in [0.15, 0.2) is 0 Å². The molecule has 0 saturated carbocycles. The van der Waals surface area contributed by atoms with Gasteiger partial charge < -0.3 is 20.9 Å². The molecule has 4 N–H and O–H groups in total. The summed E-state index contributed by atoms with van der Waals surface area (Å²) in [5, 5.41) is 12.6. The Hall–Kier alpha value is -3.02. The SMILES string of the molecule is CC(C)(C)c1cc(OCCC(NC(=O)c2ccccc2)C(N)=O)ccc1O. The van der Waals surface area contributed by atoms with Crippen molar-refractivity contribution in [2.24, 2.45) is 5.73 Å². The Labute approximate surface area is 159 Å². The Kier molecular flexibility index (Phi) is 6.45. The third-order valence-corrected chi connectivity index (χ3v) is 4.14. The molecule has 0 aromatic heterocycles. The summed E-state index contributed by atoms with van der Waals surface area (Å²) in [6, 6.07) is 12.8. The van der Waals surface area contributed by atoms with E-state index in [0.29, 0.717) is 11.3 Å². The van der Waals surface area contributed by atoms with E-state index in [1.807, 2.05) is 20.8 Å². The number of carbonyl (C=O) groups is 2. The lowest BCUT2D eigenvalue weighted by Crippen LogP contribution is -2.45. The second-order valence-corrected chi connectivity index (χ2v) is 7.36. The average Bonchev–Trinajstić information content (AvgIpc) is 2.61. The number of hydrogen-bond donors (Lipinski definition) is 3. The van der Waals surface area contributed by atoms with Gasteiger partial charge in [-0.15, -0.1) is 0 Å². The van der Waals surface area contributed by atoms with Gasteiger partial charge >= 0.3 is 0 Å². The van der Waals surface area contributed by atoms with Gasteiger partial charge in [-0.05, 0) is 35.7 Å². The van der Waals surface area contributed by atoms with Gasteiger partial charge in [-0.2, -0.15) is 0 Å². The van der Waals surface area contributed by atoms with Crippen LogP contribution in [0.4, 0.5) is 0 Å². The molecule has 0 radical (unpaired) electrons. The van der Waals surface area contributed by atoms with Gasteiger partial charge in [0.2, 0.25) is 5.91 Å². The van der Waals surface area contributed by atoms with E-state index < -0.39 is 11.9 Å². The average molecular weight is 370 g/mol. The number of nitrogens with two attached hydrogens (primary N) is 1. The molecule has 0 spiro atoms. The lowest BCUT2D eigenvalue weighted by atomic mass is 9.86. The first-order valence-electron chi connectivity index (χ1n) is 8.80. The molecule has 2 rings (SSSR count). The molecule has 0 heterocycles. The molecule has 6 nitrogen and oxygen atoms in total. The molecular weight excluding hydrogens is 344 g/mol. The van der Waals surface area contributed by atoms with E-state index in [0.717, 1.165) is 5.56 Å². The maximum Gasteiger partial charge on any atom is 0.251 e. The monoisotopic (exact) mass is 370 g/mol. The molecule has 0 aliphatic heterocycles. The molecule has 2 amide bonds. The van der Waals surface area contributed by atoms with Crippen molar-refractivity contribution in [1.82, 2.24) is 5.32 Å². The quantitative estimate of drug-likeness (QED) is 0.697. The van der Waals surface area contributed by atoms with Crippen LogP contribution in [0.3, 0.4) is 0 Å². The number of nitrogens with one attached hydrogen (secondary N) is 1. The molecule has 0 saturated heterocycles. The summed E-state index contributed by atoms with van der Waals surface area (Å²) in [5.41, 5.74) is 6.39. The molecule has 0 fully saturated rings. The minimum atomic E-state index is -0.836. The summed E-state index contributed by atoms with van der Waals surface area (Å²) in [6.45, 7) is 6.17. The maximum atomic E-state index is 12.2. The fraction of sp³-hybridized carbons (Fsp3) is 0.333. The molecule has 1 atom stereocenters. The number of rotatable bonds is 7. The van der Waals surface area contributed by atoms with E-state index in [9.17, 15) is 14.7 Å². The highest BCUT2D eigenvalue weighted by atomic mass is 16.5. The van der Waals surface area contributed by atoms with Crippen LogP contribution in [0.15, 0.2) is 48.5 Å². The fourth-order valence-electron chi connectivity index (χ4n) is 2.62. The standard InChI is InChI=1S/C21H26N2O4/c1-21(2,3)16-13-15(9-10-18(16)24)27-12-11-17(19(22)25)23-20(26)14-7-5-4-6-8-14/h4-10,13,17,24H,11-12H2,1-3H3,(H2,22,25)(H,23,26). The first-order chi connectivity index (χ1) is 12.7. The summed E-state index contributed by atoms with van der Waals surface area (Å²) in [7, 11) is 0. The normalized spacial score (nSPS) is 12.3. The predicted molar refractivity (Wildman–Crippen MR) is 104 cm³/mol. The lowest BCUT2D eigenvalue weighted by molar-refractivity contribution is -0.120. The fourth-order valence-corrected chi connectivity index (χ4v) is 2.62. The van der Waals surface area contributed by atoms with Gasteiger partial charge in [0.05, 0.1) is 6.61 Å². The lowest BCUT2D eigenvalue weighted by Gasteiger charge is -2.21. The first kappa shape index (κ1) is 20.3. The maximum absolute atomic E-state index is 12.2. The smallest absolute Gasteiger partial charge is 0.251 e. The number of phenolic OH excluding ortho intramolecular Hbond substituents is 1. The molecule has 2 aromatic carbocycles. The van der Waals surface area contributed by atoms with E-state index >= 15 is 0 Å². The molecule has 0 aliphatic rings. The predicted octanol–water partition coefficient (Wildman–Crippen LogP) is 2.74. The van der Waals surface area contributed by atoms with Crippen molar-refractivity contribution in [3.05, 3.63) is 59.7 Å². The second-order valence-electron chi connectivity index (χ2n) is 7.36. The molecule has 6 heteroatoms. The highest BCUT2D eigenvalue weighted by Gasteiger charge is 2.20. The van der Waals surface area contributed by atoms with Crippen LogP contribution in [0.1, 0.15) is 43.1 Å². The minimum absolute atomic E-state index is 0.192. The zero-order valence-electron chi connectivity index (χ0n) is 15.9.